The predicted octanol–water partition coefficient (Wildman–Crippen LogP) is -0.709. The average molecular weight is 296 g/mol. The van der Waals surface area contributed by atoms with Gasteiger partial charge >= 0.3 is 5.97 Å². The second-order valence-electron chi connectivity index (χ2n) is 6.38. The molecule has 2 aliphatic heterocycles. The lowest BCUT2D eigenvalue weighted by Gasteiger charge is -2.24. The van der Waals surface area contributed by atoms with Crippen LogP contribution in [0.2, 0.25) is 0 Å². The molecule has 0 aromatic rings. The molecule has 21 heavy (non-hydrogen) atoms. The molecule has 0 bridgehead atoms. The van der Waals surface area contributed by atoms with Crippen molar-refractivity contribution in [1.82, 2.24) is 9.80 Å². The molecule has 2 saturated heterocycles. The van der Waals surface area contributed by atoms with E-state index in [0.717, 1.165) is 12.8 Å². The monoisotopic (exact) mass is 296 g/mol. The molecule has 3 atom stereocenters. The number of aliphatic hydroxyl groups is 1. The van der Waals surface area contributed by atoms with Crippen LogP contribution in [-0.4, -0.2) is 69.6 Å². The van der Waals surface area contributed by atoms with E-state index in [2.05, 4.69) is 0 Å². The van der Waals surface area contributed by atoms with Crippen LogP contribution < -0.4 is 0 Å². The Bertz CT molecular complexity index is 476. The second kappa shape index (κ2) is 5.29. The molecule has 3 aliphatic rings. The summed E-state index contributed by atoms with van der Waals surface area (Å²) in [5, 5.41) is 18.7. The minimum atomic E-state index is -1.10. The molecule has 0 aromatic carbocycles. The minimum absolute atomic E-state index is 0.0214. The molecule has 1 aliphatic carbocycles. The van der Waals surface area contributed by atoms with Gasteiger partial charge in [0.1, 0.15) is 6.04 Å². The van der Waals surface area contributed by atoms with E-state index in [0.29, 0.717) is 19.0 Å². The SMILES string of the molecule is O=C(O)[C@@H]1CC(O)CN1C(=O)C1CC(=O)N(CC2CC2)C1. The summed E-state index contributed by atoms with van der Waals surface area (Å²) < 4.78 is 0. The van der Waals surface area contributed by atoms with Crippen molar-refractivity contribution < 1.29 is 24.6 Å². The molecule has 3 rings (SSSR count). The quantitative estimate of drug-likeness (QED) is 0.714. The Kier molecular flexibility index (Phi) is 3.61. The molecule has 116 valence electrons. The number of carbonyl (C=O) groups excluding carboxylic acids is 2. The van der Waals surface area contributed by atoms with Crippen LogP contribution in [-0.2, 0) is 14.4 Å². The van der Waals surface area contributed by atoms with Gasteiger partial charge in [0.2, 0.25) is 11.8 Å². The highest BCUT2D eigenvalue weighted by molar-refractivity contribution is 5.91. The number of likely N-dealkylation sites (tertiary alicyclic amines) is 2. The van der Waals surface area contributed by atoms with E-state index in [4.69, 9.17) is 5.11 Å². The molecule has 2 unspecified atom stereocenters. The number of carboxylic acids is 1. The van der Waals surface area contributed by atoms with Gasteiger partial charge in [0.15, 0.2) is 0 Å². The third kappa shape index (κ3) is 2.88. The van der Waals surface area contributed by atoms with Crippen molar-refractivity contribution in [1.29, 1.82) is 0 Å². The molecular formula is C14H20N2O5. The summed E-state index contributed by atoms with van der Waals surface area (Å²) in [5.41, 5.74) is 0. The van der Waals surface area contributed by atoms with Crippen LogP contribution in [0.3, 0.4) is 0 Å². The Morgan fingerprint density at radius 1 is 1.24 bits per heavy atom. The van der Waals surface area contributed by atoms with Crippen molar-refractivity contribution in [3.8, 4) is 0 Å². The zero-order valence-corrected chi connectivity index (χ0v) is 11.8. The van der Waals surface area contributed by atoms with Crippen molar-refractivity contribution in [2.75, 3.05) is 19.6 Å². The highest BCUT2D eigenvalue weighted by Crippen LogP contribution is 2.33. The first-order valence-electron chi connectivity index (χ1n) is 7.45. The lowest BCUT2D eigenvalue weighted by molar-refractivity contribution is -0.149. The van der Waals surface area contributed by atoms with Crippen molar-refractivity contribution in [2.45, 2.75) is 37.8 Å². The van der Waals surface area contributed by atoms with Crippen molar-refractivity contribution in [3.63, 3.8) is 0 Å². The molecule has 0 aromatic heterocycles. The van der Waals surface area contributed by atoms with Crippen molar-refractivity contribution in [2.24, 2.45) is 11.8 Å². The summed E-state index contributed by atoms with van der Waals surface area (Å²) in [7, 11) is 0. The maximum absolute atomic E-state index is 12.5. The van der Waals surface area contributed by atoms with Gasteiger partial charge < -0.3 is 20.0 Å². The highest BCUT2D eigenvalue weighted by Gasteiger charge is 2.44. The molecule has 7 nitrogen and oxygen atoms in total. The standard InChI is InChI=1S/C14H20N2O5/c17-10-4-11(14(20)21)16(7-10)13(19)9-3-12(18)15(6-9)5-8-1-2-8/h8-11,17H,1-7H2,(H,20,21)/t9?,10?,11-/m0/s1. The second-order valence-corrected chi connectivity index (χ2v) is 6.38. The smallest absolute Gasteiger partial charge is 0.326 e. The van der Waals surface area contributed by atoms with E-state index in [1.54, 1.807) is 4.90 Å². The van der Waals surface area contributed by atoms with E-state index in [1.165, 1.54) is 4.90 Å². The Labute approximate surface area is 122 Å². The number of carboxylic acid groups (broad SMARTS) is 1. The highest BCUT2D eigenvalue weighted by atomic mass is 16.4. The molecule has 2 heterocycles. The number of rotatable bonds is 4. The predicted molar refractivity (Wildman–Crippen MR) is 71.2 cm³/mol. The van der Waals surface area contributed by atoms with E-state index in [9.17, 15) is 19.5 Å². The van der Waals surface area contributed by atoms with Crippen molar-refractivity contribution in [3.05, 3.63) is 0 Å². The van der Waals surface area contributed by atoms with Gasteiger partial charge in [-0.3, -0.25) is 9.59 Å². The van der Waals surface area contributed by atoms with E-state index in [-0.39, 0.29) is 31.2 Å². The zero-order chi connectivity index (χ0) is 15.1. The fraction of sp³-hybridized carbons (Fsp3) is 0.786. The van der Waals surface area contributed by atoms with Crippen LogP contribution in [0.15, 0.2) is 0 Å². The molecule has 2 amide bonds. The van der Waals surface area contributed by atoms with Crippen LogP contribution in [0, 0.1) is 11.8 Å². The lowest BCUT2D eigenvalue weighted by Crippen LogP contribution is -2.44. The van der Waals surface area contributed by atoms with Gasteiger partial charge in [0, 0.05) is 32.5 Å². The van der Waals surface area contributed by atoms with E-state index >= 15 is 0 Å². The summed E-state index contributed by atoms with van der Waals surface area (Å²) in [4.78, 5) is 38.5. The van der Waals surface area contributed by atoms with Crippen molar-refractivity contribution >= 4 is 17.8 Å². The largest absolute Gasteiger partial charge is 0.480 e. The Morgan fingerprint density at radius 2 is 1.95 bits per heavy atom. The number of carbonyl (C=O) groups is 3. The lowest BCUT2D eigenvalue weighted by atomic mass is 10.1. The Morgan fingerprint density at radius 3 is 2.57 bits per heavy atom. The van der Waals surface area contributed by atoms with Gasteiger partial charge in [0.25, 0.3) is 0 Å². The van der Waals surface area contributed by atoms with Crippen LogP contribution in [0.1, 0.15) is 25.7 Å². The van der Waals surface area contributed by atoms with Gasteiger partial charge in [-0.25, -0.2) is 4.79 Å². The molecule has 0 spiro atoms. The number of hydrogen-bond acceptors (Lipinski definition) is 4. The number of nitrogens with zero attached hydrogens (tertiary/aromatic N) is 2. The van der Waals surface area contributed by atoms with Crippen LogP contribution >= 0.6 is 0 Å². The molecule has 2 N–H and O–H groups in total. The number of aliphatic carboxylic acids is 1. The minimum Gasteiger partial charge on any atom is -0.480 e. The van der Waals surface area contributed by atoms with Gasteiger partial charge in [-0.2, -0.15) is 0 Å². The fourth-order valence-electron chi connectivity index (χ4n) is 3.25. The first kappa shape index (κ1) is 14.3. The summed E-state index contributed by atoms with van der Waals surface area (Å²) in [5.74, 6) is -1.33. The molecule has 1 saturated carbocycles. The summed E-state index contributed by atoms with van der Waals surface area (Å²) in [6.07, 6.45) is 1.71. The maximum atomic E-state index is 12.5. The maximum Gasteiger partial charge on any atom is 0.326 e. The van der Waals surface area contributed by atoms with Crippen LogP contribution in [0.4, 0.5) is 0 Å². The van der Waals surface area contributed by atoms with Gasteiger partial charge in [0.05, 0.1) is 12.0 Å². The van der Waals surface area contributed by atoms with E-state index in [1.807, 2.05) is 0 Å². The van der Waals surface area contributed by atoms with E-state index < -0.39 is 24.0 Å². The normalized spacial score (nSPS) is 32.8. The Hall–Kier alpha value is -1.63. The summed E-state index contributed by atoms with van der Waals surface area (Å²) in [6.45, 7) is 1.14. The molecule has 3 fully saturated rings. The molecule has 7 heteroatoms. The van der Waals surface area contributed by atoms with Gasteiger partial charge in [-0.1, -0.05) is 0 Å². The van der Waals surface area contributed by atoms with Gasteiger partial charge in [-0.05, 0) is 18.8 Å². The first-order valence-corrected chi connectivity index (χ1v) is 7.45. The fourth-order valence-corrected chi connectivity index (χ4v) is 3.25. The molecule has 0 radical (unpaired) electrons. The van der Waals surface area contributed by atoms with Crippen LogP contribution in [0.25, 0.3) is 0 Å². The topological polar surface area (TPSA) is 98.1 Å². The first-order chi connectivity index (χ1) is 9.95. The number of aliphatic hydroxyl groups excluding tert-OH is 1. The third-order valence-corrected chi connectivity index (χ3v) is 4.59. The number of hydrogen-bond donors (Lipinski definition) is 2. The number of β-amino-alcohol motifs (C(OH)–C–C–N with tert-alkyl or cyclic N) is 1. The van der Waals surface area contributed by atoms with Gasteiger partial charge in [-0.15, -0.1) is 0 Å². The third-order valence-electron chi connectivity index (χ3n) is 4.59. The average Bonchev–Trinajstić information content (AvgIpc) is 3.04. The number of amides is 2. The summed E-state index contributed by atoms with van der Waals surface area (Å²) >= 11 is 0. The Balaban J connectivity index is 1.64. The molecular weight excluding hydrogens is 276 g/mol. The zero-order valence-electron chi connectivity index (χ0n) is 11.8. The van der Waals surface area contributed by atoms with Crippen LogP contribution in [0.5, 0.6) is 0 Å². The summed E-state index contributed by atoms with van der Waals surface area (Å²) in [6, 6.07) is -0.972.